The molecular weight excluding hydrogens is 1060 g/mol. The summed E-state index contributed by atoms with van der Waals surface area (Å²) in [7, 11) is 1.28. The van der Waals surface area contributed by atoms with Crippen molar-refractivity contribution in [1.29, 1.82) is 0 Å². The molecule has 7 amide bonds. The molecule has 0 aliphatic carbocycles. The Morgan fingerprint density at radius 2 is 1.49 bits per heavy atom. The smallest absolute Gasteiger partial charge is 0.247 e. The van der Waals surface area contributed by atoms with Crippen molar-refractivity contribution in [2.75, 3.05) is 20.3 Å². The summed E-state index contributed by atoms with van der Waals surface area (Å²) >= 11 is 6.47. The lowest BCUT2D eigenvalue weighted by molar-refractivity contribution is -0.325. The average molecular weight is 1150 g/mol. The van der Waals surface area contributed by atoms with Crippen LogP contribution in [0.1, 0.15) is 112 Å². The van der Waals surface area contributed by atoms with Crippen molar-refractivity contribution in [3.8, 4) is 11.5 Å². The number of ketones is 1. The molecule has 1 aromatic carbocycles. The summed E-state index contributed by atoms with van der Waals surface area (Å²) in [5.41, 5.74) is -0.349. The highest BCUT2D eigenvalue weighted by atomic mass is 35.5. The van der Waals surface area contributed by atoms with Crippen molar-refractivity contribution in [2.45, 2.75) is 193 Å². The van der Waals surface area contributed by atoms with Crippen LogP contribution in [-0.2, 0) is 52.6 Å². The minimum Gasteiger partial charge on any atom is -0.508 e. The Morgan fingerprint density at radius 1 is 0.861 bits per heavy atom. The maximum atomic E-state index is 14.2. The molecule has 2 saturated heterocycles. The van der Waals surface area contributed by atoms with Gasteiger partial charge in [0.05, 0.1) is 55.1 Å². The van der Waals surface area contributed by atoms with Gasteiger partial charge in [-0.25, -0.2) is 0 Å². The second-order valence-electron chi connectivity index (χ2n) is 21.4. The minimum atomic E-state index is -1.83. The number of rotatable bonds is 24. The van der Waals surface area contributed by atoms with Crippen LogP contribution in [0.5, 0.6) is 11.5 Å². The zero-order valence-corrected chi connectivity index (χ0v) is 47.6. The number of Topliss-reactive ketones (excluding diaryl/α,β-unsaturated/α-hetero) is 1. The molecule has 0 saturated carbocycles. The van der Waals surface area contributed by atoms with Crippen molar-refractivity contribution < 1.29 is 93.4 Å². The Balaban J connectivity index is 1.69. The Morgan fingerprint density at radius 3 is 2.06 bits per heavy atom. The SMILES string of the molecule is CC[C@H](C)[C@@H]1NC(=O)[C@H](c2cc(O)c(C)c(O)c2Cl)NC(=O)[C@H](NC(=O)[C@H](C)NC(=O)[C@H](NC(=O)CC(=O)[C@@H](C)C[C@@H](C)C[C@@H](C)[C@H](O)[C@@H](C)[C@@H](O[C@@H]2O[C@H](CO)[C@@H](OC)[C@H](O)[C@H]2O)[C@@H](C)O)[C@@H](C)O)[C@@H](C)NC(=O)CNC1=O. The molecule has 3 rings (SSSR count). The molecule has 26 nitrogen and oxygen atoms in total. The maximum Gasteiger partial charge on any atom is 0.247 e. The molecule has 2 aliphatic heterocycles. The third-order valence-electron chi connectivity index (χ3n) is 14.8. The summed E-state index contributed by atoms with van der Waals surface area (Å²) < 4.78 is 16.7. The van der Waals surface area contributed by atoms with E-state index < -0.39 is 198 Å². The Hall–Kier alpha value is -5.29. The first-order chi connectivity index (χ1) is 36.8. The molecule has 0 aromatic heterocycles. The molecule has 0 bridgehead atoms. The van der Waals surface area contributed by atoms with Crippen molar-refractivity contribution >= 4 is 58.7 Å². The van der Waals surface area contributed by atoms with Crippen molar-refractivity contribution in [3.05, 3.63) is 22.2 Å². The van der Waals surface area contributed by atoms with Gasteiger partial charge in [0.25, 0.3) is 0 Å². The summed E-state index contributed by atoms with van der Waals surface area (Å²) in [6.07, 6.45) is -11.3. The molecule has 15 N–H and O–H groups in total. The van der Waals surface area contributed by atoms with Gasteiger partial charge in [0, 0.05) is 30.1 Å². The lowest BCUT2D eigenvalue weighted by Crippen LogP contribution is -2.62. The zero-order chi connectivity index (χ0) is 60.1. The summed E-state index contributed by atoms with van der Waals surface area (Å²) in [5.74, 6) is -11.0. The van der Waals surface area contributed by atoms with Crippen LogP contribution in [0.25, 0.3) is 0 Å². The molecule has 2 heterocycles. The summed E-state index contributed by atoms with van der Waals surface area (Å²) in [6.45, 7) is 15.5. The van der Waals surface area contributed by atoms with Gasteiger partial charge in [-0.3, -0.25) is 38.4 Å². The van der Waals surface area contributed by atoms with E-state index in [-0.39, 0.29) is 23.5 Å². The number of aromatic hydroxyl groups is 2. The number of methoxy groups -OCH3 is 1. The van der Waals surface area contributed by atoms with Crippen LogP contribution in [0.3, 0.4) is 0 Å². The van der Waals surface area contributed by atoms with E-state index >= 15 is 0 Å². The van der Waals surface area contributed by atoms with E-state index in [2.05, 4.69) is 37.2 Å². The van der Waals surface area contributed by atoms with Crippen LogP contribution >= 0.6 is 11.6 Å². The van der Waals surface area contributed by atoms with E-state index in [4.69, 9.17) is 25.8 Å². The normalized spacial score (nSPS) is 27.6. The topological polar surface area (TPSA) is 410 Å². The molecule has 2 aliphatic rings. The molecule has 79 heavy (non-hydrogen) atoms. The highest BCUT2D eigenvalue weighted by molar-refractivity contribution is 6.33. The predicted octanol–water partition coefficient (Wildman–Crippen LogP) is -1.90. The minimum absolute atomic E-state index is 0.0501. The fraction of sp³-hybridized carbons (Fsp3) is 0.731. The largest absolute Gasteiger partial charge is 0.508 e. The molecule has 20 atom stereocenters. The monoisotopic (exact) mass is 1150 g/mol. The number of hydrogen-bond donors (Lipinski definition) is 15. The van der Waals surface area contributed by atoms with Crippen molar-refractivity contribution in [1.82, 2.24) is 37.2 Å². The molecule has 0 unspecified atom stereocenters. The molecule has 448 valence electrons. The fourth-order valence-electron chi connectivity index (χ4n) is 9.70. The van der Waals surface area contributed by atoms with Gasteiger partial charge < -0.3 is 92.3 Å². The van der Waals surface area contributed by atoms with Gasteiger partial charge in [-0.1, -0.05) is 59.6 Å². The Labute approximate surface area is 464 Å². The molecular formula is C52H84ClN7O19. The number of halogens is 1. The average Bonchev–Trinajstić information content (AvgIpc) is 3.40. The van der Waals surface area contributed by atoms with Gasteiger partial charge >= 0.3 is 0 Å². The first kappa shape index (κ1) is 68.0. The summed E-state index contributed by atoms with van der Waals surface area (Å²) in [6, 6.07) is -8.28. The van der Waals surface area contributed by atoms with Crippen LogP contribution < -0.4 is 37.2 Å². The summed E-state index contributed by atoms with van der Waals surface area (Å²) in [4.78, 5) is 109. The molecule has 0 radical (unpaired) electrons. The van der Waals surface area contributed by atoms with Gasteiger partial charge in [0.1, 0.15) is 71.9 Å². The van der Waals surface area contributed by atoms with E-state index in [1.54, 1.807) is 34.6 Å². The van der Waals surface area contributed by atoms with Crippen molar-refractivity contribution in [2.24, 2.45) is 29.6 Å². The number of carbonyl (C=O) groups excluding carboxylic acids is 8. The van der Waals surface area contributed by atoms with Crippen LogP contribution in [0.4, 0.5) is 0 Å². The van der Waals surface area contributed by atoms with Gasteiger partial charge in [-0.15, -0.1) is 0 Å². The van der Waals surface area contributed by atoms with Crippen LogP contribution in [0.2, 0.25) is 5.02 Å². The number of nitrogens with one attached hydrogen (secondary N) is 7. The van der Waals surface area contributed by atoms with Crippen LogP contribution in [-0.4, -0.2) is 194 Å². The Bertz CT molecular complexity index is 2290. The number of benzene rings is 1. The van der Waals surface area contributed by atoms with Gasteiger partial charge in [-0.05, 0) is 71.3 Å². The summed E-state index contributed by atoms with van der Waals surface area (Å²) in [5, 5.41) is 102. The number of carbonyl (C=O) groups is 8. The zero-order valence-electron chi connectivity index (χ0n) is 46.8. The second-order valence-corrected chi connectivity index (χ2v) is 21.7. The lowest BCUT2D eigenvalue weighted by atomic mass is 9.80. The van der Waals surface area contributed by atoms with Gasteiger partial charge in [-0.2, -0.15) is 0 Å². The third kappa shape index (κ3) is 18.1. The van der Waals surface area contributed by atoms with E-state index in [9.17, 15) is 79.2 Å². The second kappa shape index (κ2) is 30.5. The molecule has 1 aromatic rings. The number of phenols is 2. The predicted molar refractivity (Wildman–Crippen MR) is 282 cm³/mol. The Kier molecular flexibility index (Phi) is 26.3. The van der Waals surface area contributed by atoms with E-state index in [0.29, 0.717) is 12.8 Å². The van der Waals surface area contributed by atoms with Gasteiger partial charge in [0.2, 0.25) is 41.4 Å². The van der Waals surface area contributed by atoms with Crippen molar-refractivity contribution in [3.63, 3.8) is 0 Å². The number of hydrogen-bond acceptors (Lipinski definition) is 19. The lowest BCUT2D eigenvalue weighted by Gasteiger charge is -2.44. The number of phenolic OH excluding ortho intramolecular Hbond substituents is 2. The molecule has 27 heteroatoms. The van der Waals surface area contributed by atoms with Crippen LogP contribution in [0, 0.1) is 36.5 Å². The number of aliphatic hydroxyl groups excluding tert-OH is 6. The number of amides is 7. The molecule has 2 fully saturated rings. The number of ether oxygens (including phenoxy) is 3. The van der Waals surface area contributed by atoms with Crippen LogP contribution in [0.15, 0.2) is 6.07 Å². The third-order valence-corrected chi connectivity index (χ3v) is 15.2. The van der Waals surface area contributed by atoms with Gasteiger partial charge in [0.15, 0.2) is 6.29 Å². The highest BCUT2D eigenvalue weighted by Crippen LogP contribution is 2.40. The van der Waals surface area contributed by atoms with E-state index in [1.807, 2.05) is 6.92 Å². The first-order valence-electron chi connectivity index (χ1n) is 26.5. The van der Waals surface area contributed by atoms with E-state index in [1.165, 1.54) is 41.7 Å². The van der Waals surface area contributed by atoms with E-state index in [0.717, 1.165) is 6.07 Å². The standard InChI is InChI=1S/C52H84ClN7O19/c1-13-21(3)37-48(73)54-18-35(67)55-26(8)38(49(74)60-40(51(76)58-37)30-16-32(65)24(6)42(69)36(30)53)59-47(72)27(9)56-50(75)39(28(10)62)57-34(66)17-31(64)22(4)14-20(2)15-23(5)41(68)25(7)45(29(11)63)79-52-44(71)43(70)46(77-12)33(19-61)78-52/h16,20-23,25-29,33,37-41,43-46,52,61-63,65,68-71H,13-15,17-19H2,1-12H3,(H,54,73)(H,55,67)(H,56,75)(H,57,66)(H,58,76)(H,59,72)(H,60,74)/t20-,21+,22+,23-,25-,26-,27+,28-,29-,33-,37+,38-,39-,40+,41+,43-,44-,45-,46-,52+/m1/s1. The molecule has 0 spiro atoms. The highest BCUT2D eigenvalue weighted by Gasteiger charge is 2.48. The fourth-order valence-corrected chi connectivity index (χ4v) is 10.0. The maximum absolute atomic E-state index is 14.2. The quantitative estimate of drug-likeness (QED) is 0.0503. The first-order valence-corrected chi connectivity index (χ1v) is 26.9. The number of aliphatic hydroxyl groups is 6.